The smallest absolute Gasteiger partial charge is 0.264 e. The van der Waals surface area contributed by atoms with Gasteiger partial charge in [0.05, 0.1) is 22.0 Å². The molecule has 0 aliphatic carbocycles. The van der Waals surface area contributed by atoms with E-state index in [1.54, 1.807) is 23.5 Å². The van der Waals surface area contributed by atoms with Gasteiger partial charge in [-0.3, -0.25) is 4.79 Å². The average molecular weight is 504 g/mol. The molecule has 0 atom stereocenters. The lowest BCUT2D eigenvalue weighted by Crippen LogP contribution is -2.48. The SMILES string of the molecule is Cc1nn(-c2ccccc2)c2sc(C(=O)N3CCN(c4nc(-c5ccc(F)cc5)cs4)CC3)cc12. The Morgan fingerprint density at radius 3 is 2.49 bits per heavy atom. The van der Waals surface area contributed by atoms with Crippen LogP contribution in [0.3, 0.4) is 0 Å². The first-order valence-electron chi connectivity index (χ1n) is 11.4. The van der Waals surface area contributed by atoms with Crippen molar-refractivity contribution >= 4 is 43.9 Å². The van der Waals surface area contributed by atoms with Gasteiger partial charge in [-0.25, -0.2) is 14.1 Å². The number of carbonyl (C=O) groups excluding carboxylic acids is 1. The van der Waals surface area contributed by atoms with Gasteiger partial charge in [0, 0.05) is 42.5 Å². The molecule has 0 spiro atoms. The summed E-state index contributed by atoms with van der Waals surface area (Å²) in [5, 5.41) is 8.62. The molecule has 6 nitrogen and oxygen atoms in total. The van der Waals surface area contributed by atoms with E-state index in [9.17, 15) is 9.18 Å². The van der Waals surface area contributed by atoms with Crippen molar-refractivity contribution in [1.82, 2.24) is 19.7 Å². The molecule has 176 valence electrons. The van der Waals surface area contributed by atoms with Gasteiger partial charge < -0.3 is 9.80 Å². The summed E-state index contributed by atoms with van der Waals surface area (Å²) in [6.07, 6.45) is 0. The van der Waals surface area contributed by atoms with E-state index >= 15 is 0 Å². The monoisotopic (exact) mass is 503 g/mol. The van der Waals surface area contributed by atoms with E-state index < -0.39 is 0 Å². The number of aromatic nitrogens is 3. The maximum absolute atomic E-state index is 13.3. The highest BCUT2D eigenvalue weighted by Crippen LogP contribution is 2.32. The van der Waals surface area contributed by atoms with Crippen LogP contribution in [0.4, 0.5) is 9.52 Å². The number of benzene rings is 2. The van der Waals surface area contributed by atoms with E-state index in [2.05, 4.69) is 10.00 Å². The highest BCUT2D eigenvalue weighted by Gasteiger charge is 2.26. The van der Waals surface area contributed by atoms with Gasteiger partial charge in [0.1, 0.15) is 10.6 Å². The van der Waals surface area contributed by atoms with Gasteiger partial charge in [-0.05, 0) is 49.4 Å². The van der Waals surface area contributed by atoms with Crippen LogP contribution in [-0.4, -0.2) is 51.8 Å². The molecule has 5 aromatic rings. The molecule has 35 heavy (non-hydrogen) atoms. The minimum absolute atomic E-state index is 0.0657. The Bertz CT molecular complexity index is 1500. The van der Waals surface area contributed by atoms with Crippen molar-refractivity contribution in [2.45, 2.75) is 6.92 Å². The Labute approximate surface area is 209 Å². The molecular weight excluding hydrogens is 481 g/mol. The van der Waals surface area contributed by atoms with Crippen molar-refractivity contribution in [2.75, 3.05) is 31.1 Å². The van der Waals surface area contributed by atoms with Crippen LogP contribution in [0.25, 0.3) is 27.2 Å². The fourth-order valence-corrected chi connectivity index (χ4v) is 6.36. The zero-order valence-electron chi connectivity index (χ0n) is 19.0. The first-order chi connectivity index (χ1) is 17.1. The van der Waals surface area contributed by atoms with Crippen LogP contribution in [0, 0.1) is 12.7 Å². The standard InChI is InChI=1S/C26H22FN5OS2/c1-17-21-15-23(35-25(21)32(29-17)20-5-3-2-4-6-20)24(33)30-11-13-31(14-12-30)26-28-22(16-34-26)18-7-9-19(27)10-8-18/h2-10,15-16H,11-14H2,1H3. The molecule has 2 aromatic carbocycles. The Morgan fingerprint density at radius 1 is 1.00 bits per heavy atom. The van der Waals surface area contributed by atoms with Crippen LogP contribution >= 0.6 is 22.7 Å². The number of rotatable bonds is 4. The third-order valence-electron chi connectivity index (χ3n) is 6.23. The van der Waals surface area contributed by atoms with Crippen molar-refractivity contribution in [3.05, 3.63) is 82.4 Å². The number of para-hydroxylation sites is 1. The van der Waals surface area contributed by atoms with Crippen molar-refractivity contribution in [2.24, 2.45) is 0 Å². The molecule has 6 rings (SSSR count). The van der Waals surface area contributed by atoms with Crippen LogP contribution in [-0.2, 0) is 0 Å². The highest BCUT2D eigenvalue weighted by atomic mass is 32.1. The number of aryl methyl sites for hydroxylation is 1. The first kappa shape index (κ1) is 21.9. The fourth-order valence-electron chi connectivity index (χ4n) is 4.32. The molecule has 3 aromatic heterocycles. The lowest BCUT2D eigenvalue weighted by molar-refractivity contribution is 0.0751. The number of amides is 1. The highest BCUT2D eigenvalue weighted by molar-refractivity contribution is 7.20. The quantitative estimate of drug-likeness (QED) is 0.319. The zero-order chi connectivity index (χ0) is 23.9. The number of hydrogen-bond donors (Lipinski definition) is 0. The minimum Gasteiger partial charge on any atom is -0.345 e. The Morgan fingerprint density at radius 2 is 1.74 bits per heavy atom. The van der Waals surface area contributed by atoms with Crippen molar-refractivity contribution < 1.29 is 9.18 Å². The zero-order valence-corrected chi connectivity index (χ0v) is 20.7. The molecule has 1 saturated heterocycles. The molecule has 1 aliphatic heterocycles. The van der Waals surface area contributed by atoms with Gasteiger partial charge in [-0.2, -0.15) is 5.10 Å². The van der Waals surface area contributed by atoms with Crippen LogP contribution in [0.1, 0.15) is 15.4 Å². The van der Waals surface area contributed by atoms with Gasteiger partial charge in [-0.15, -0.1) is 22.7 Å². The topological polar surface area (TPSA) is 54.3 Å². The predicted octanol–water partition coefficient (Wildman–Crippen LogP) is 5.62. The van der Waals surface area contributed by atoms with E-state index in [4.69, 9.17) is 4.98 Å². The Balaban J connectivity index is 1.16. The van der Waals surface area contributed by atoms with Crippen LogP contribution in [0.5, 0.6) is 0 Å². The molecule has 0 saturated carbocycles. The van der Waals surface area contributed by atoms with Gasteiger partial charge in [-0.1, -0.05) is 18.2 Å². The molecule has 1 fully saturated rings. The molecule has 4 heterocycles. The van der Waals surface area contributed by atoms with Crippen molar-refractivity contribution in [3.8, 4) is 16.9 Å². The van der Waals surface area contributed by atoms with E-state index in [0.29, 0.717) is 13.1 Å². The summed E-state index contributed by atoms with van der Waals surface area (Å²) >= 11 is 3.08. The third-order valence-corrected chi connectivity index (χ3v) is 8.23. The lowest BCUT2D eigenvalue weighted by atomic mass is 10.2. The molecule has 0 N–H and O–H groups in total. The number of fused-ring (bicyclic) bond motifs is 1. The normalized spacial score (nSPS) is 14.1. The van der Waals surface area contributed by atoms with Crippen molar-refractivity contribution in [1.29, 1.82) is 0 Å². The molecular formula is C26H22FN5OS2. The number of thiophene rings is 1. The summed E-state index contributed by atoms with van der Waals surface area (Å²) in [5.74, 6) is -0.188. The summed E-state index contributed by atoms with van der Waals surface area (Å²) < 4.78 is 15.1. The molecule has 9 heteroatoms. The molecule has 0 radical (unpaired) electrons. The summed E-state index contributed by atoms with van der Waals surface area (Å²) in [7, 11) is 0. The molecule has 1 aliphatic rings. The van der Waals surface area contributed by atoms with E-state index in [1.807, 2.05) is 58.3 Å². The van der Waals surface area contributed by atoms with Crippen LogP contribution in [0.15, 0.2) is 66.0 Å². The van der Waals surface area contributed by atoms with E-state index in [1.165, 1.54) is 23.5 Å². The number of piperazine rings is 1. The summed E-state index contributed by atoms with van der Waals surface area (Å²) in [4.78, 5) is 23.9. The largest absolute Gasteiger partial charge is 0.345 e. The number of nitrogens with zero attached hydrogens (tertiary/aromatic N) is 5. The number of anilines is 1. The summed E-state index contributed by atoms with van der Waals surface area (Å²) in [6.45, 7) is 4.72. The Kier molecular flexibility index (Phi) is 5.58. The second kappa shape index (κ2) is 8.90. The third kappa shape index (κ3) is 4.11. The number of carbonyl (C=O) groups is 1. The minimum atomic E-state index is -0.254. The summed E-state index contributed by atoms with van der Waals surface area (Å²) in [6, 6.07) is 18.4. The van der Waals surface area contributed by atoms with E-state index in [-0.39, 0.29) is 11.7 Å². The van der Waals surface area contributed by atoms with Gasteiger partial charge in [0.15, 0.2) is 5.13 Å². The van der Waals surface area contributed by atoms with Gasteiger partial charge in [0.25, 0.3) is 5.91 Å². The first-order valence-corrected chi connectivity index (χ1v) is 13.1. The Hall–Kier alpha value is -3.56. The second-order valence-corrected chi connectivity index (χ2v) is 10.3. The number of halogens is 1. The molecule has 0 bridgehead atoms. The second-order valence-electron chi connectivity index (χ2n) is 8.46. The maximum Gasteiger partial charge on any atom is 0.264 e. The predicted molar refractivity (Wildman–Crippen MR) is 139 cm³/mol. The average Bonchev–Trinajstić information content (AvgIpc) is 3.62. The van der Waals surface area contributed by atoms with Gasteiger partial charge in [0.2, 0.25) is 0 Å². The van der Waals surface area contributed by atoms with Crippen molar-refractivity contribution in [3.63, 3.8) is 0 Å². The van der Waals surface area contributed by atoms with Gasteiger partial charge >= 0.3 is 0 Å². The fraction of sp³-hybridized carbons (Fsp3) is 0.192. The summed E-state index contributed by atoms with van der Waals surface area (Å²) in [5.41, 5.74) is 3.65. The van der Waals surface area contributed by atoms with E-state index in [0.717, 1.165) is 56.0 Å². The number of thiazole rings is 1. The van der Waals surface area contributed by atoms with Crippen LogP contribution in [0.2, 0.25) is 0 Å². The lowest BCUT2D eigenvalue weighted by Gasteiger charge is -2.34. The number of hydrogen-bond acceptors (Lipinski definition) is 6. The molecule has 0 unspecified atom stereocenters. The van der Waals surface area contributed by atoms with Crippen LogP contribution < -0.4 is 4.90 Å². The maximum atomic E-state index is 13.3. The molecule has 1 amide bonds.